The van der Waals surface area contributed by atoms with E-state index >= 15 is 0 Å². The number of esters is 1. The molecule has 7 rings (SSSR count). The fourth-order valence-corrected chi connectivity index (χ4v) is 8.91. The van der Waals surface area contributed by atoms with Gasteiger partial charge in [0.15, 0.2) is 0 Å². The number of aliphatic carboxylic acids is 1. The summed E-state index contributed by atoms with van der Waals surface area (Å²) in [5, 5.41) is 10.2. The number of carbonyl (C=O) groups excluding carboxylic acids is 1. The van der Waals surface area contributed by atoms with Crippen LogP contribution in [0.5, 0.6) is 0 Å². The molecule has 0 amide bonds. The number of carboxylic acids is 1. The first-order valence-electron chi connectivity index (χ1n) is 9.02. The van der Waals surface area contributed by atoms with Gasteiger partial charge in [0, 0.05) is 16.7 Å². The molecule has 4 nitrogen and oxygen atoms in total. The van der Waals surface area contributed by atoms with Crippen LogP contribution in [0, 0.1) is 39.9 Å². The zero-order valence-electron chi connectivity index (χ0n) is 13.4. The Bertz CT molecular complexity index is 727. The fourth-order valence-electron chi connectivity index (χ4n) is 8.91. The van der Waals surface area contributed by atoms with Gasteiger partial charge in [0.1, 0.15) is 5.60 Å². The number of rotatable bonds is 1. The van der Waals surface area contributed by atoms with Crippen molar-refractivity contribution in [2.75, 3.05) is 0 Å². The first kappa shape index (κ1) is 13.0. The fraction of sp³-hybridized carbons (Fsp3) is 0.789. The molecular formula is C19H22O4. The molecule has 6 saturated carbocycles. The second kappa shape index (κ2) is 3.12. The maximum atomic E-state index is 12.8. The van der Waals surface area contributed by atoms with Crippen LogP contribution in [0.2, 0.25) is 0 Å². The molecule has 6 bridgehead atoms. The molecule has 122 valence electrons. The van der Waals surface area contributed by atoms with E-state index < -0.39 is 22.9 Å². The highest BCUT2D eigenvalue weighted by Crippen LogP contribution is 2.98. The molecule has 1 saturated heterocycles. The minimum absolute atomic E-state index is 0.104. The second-order valence-corrected chi connectivity index (χ2v) is 9.30. The molecule has 8 atom stereocenters. The van der Waals surface area contributed by atoms with Gasteiger partial charge < -0.3 is 9.84 Å². The highest BCUT2D eigenvalue weighted by atomic mass is 16.6. The number of hydrogen-bond acceptors (Lipinski definition) is 3. The molecule has 7 fully saturated rings. The van der Waals surface area contributed by atoms with E-state index in [1.807, 2.05) is 6.92 Å². The molecular weight excluding hydrogens is 292 g/mol. The molecule has 7 aliphatic rings. The van der Waals surface area contributed by atoms with E-state index in [1.54, 1.807) is 0 Å². The summed E-state index contributed by atoms with van der Waals surface area (Å²) in [5.41, 5.74) is -0.0989. The Hall–Kier alpha value is -1.32. The Kier molecular flexibility index (Phi) is 1.77. The van der Waals surface area contributed by atoms with Gasteiger partial charge in [-0.25, -0.2) is 0 Å². The van der Waals surface area contributed by atoms with E-state index in [-0.39, 0.29) is 22.7 Å². The molecule has 0 aromatic heterocycles. The predicted octanol–water partition coefficient (Wildman–Crippen LogP) is 2.78. The third-order valence-electron chi connectivity index (χ3n) is 9.21. The SMILES string of the molecule is C=C1C2[C@@]34CC[C@@H]1C[C@@]23[C@@H](C(=O)O)[C@H]1[C@@]42CCC[C@]1(C)C(=O)O2. The van der Waals surface area contributed by atoms with E-state index in [0.29, 0.717) is 11.8 Å². The molecule has 1 unspecified atom stereocenters. The first-order chi connectivity index (χ1) is 10.9. The van der Waals surface area contributed by atoms with Crippen molar-refractivity contribution in [1.82, 2.24) is 0 Å². The van der Waals surface area contributed by atoms with Crippen LogP contribution < -0.4 is 0 Å². The number of carbonyl (C=O) groups is 2. The Morgan fingerprint density at radius 1 is 1.35 bits per heavy atom. The maximum absolute atomic E-state index is 12.8. The van der Waals surface area contributed by atoms with Gasteiger partial charge in [-0.3, -0.25) is 9.59 Å². The summed E-state index contributed by atoms with van der Waals surface area (Å²) in [6.07, 6.45) is 5.73. The molecule has 0 radical (unpaired) electrons. The van der Waals surface area contributed by atoms with Crippen LogP contribution in [0.15, 0.2) is 12.2 Å². The Balaban J connectivity index is 1.66. The van der Waals surface area contributed by atoms with Crippen LogP contribution in [0.4, 0.5) is 0 Å². The minimum Gasteiger partial charge on any atom is -0.481 e. The third kappa shape index (κ3) is 0.878. The summed E-state index contributed by atoms with van der Waals surface area (Å²) in [7, 11) is 0. The lowest BCUT2D eigenvalue weighted by Crippen LogP contribution is -2.52. The third-order valence-corrected chi connectivity index (χ3v) is 9.21. The molecule has 1 heterocycles. The van der Waals surface area contributed by atoms with Crippen LogP contribution in [-0.2, 0) is 14.3 Å². The zero-order chi connectivity index (χ0) is 16.0. The van der Waals surface area contributed by atoms with Crippen LogP contribution in [0.25, 0.3) is 0 Å². The lowest BCUT2D eigenvalue weighted by atomic mass is 9.55. The summed E-state index contributed by atoms with van der Waals surface area (Å²) in [5.74, 6) is -0.596. The molecule has 4 heteroatoms. The van der Waals surface area contributed by atoms with E-state index in [2.05, 4.69) is 6.58 Å². The van der Waals surface area contributed by atoms with Gasteiger partial charge in [0.05, 0.1) is 11.3 Å². The summed E-state index contributed by atoms with van der Waals surface area (Å²) in [4.78, 5) is 25.1. The Morgan fingerprint density at radius 2 is 2.13 bits per heavy atom. The number of ether oxygens (including phenoxy) is 1. The lowest BCUT2D eigenvalue weighted by molar-refractivity contribution is -0.161. The number of hydrogen-bond donors (Lipinski definition) is 1. The predicted molar refractivity (Wildman–Crippen MR) is 80.2 cm³/mol. The summed E-state index contributed by atoms with van der Waals surface area (Å²) in [6, 6.07) is 0. The summed E-state index contributed by atoms with van der Waals surface area (Å²) in [6.45, 7) is 6.32. The van der Waals surface area contributed by atoms with E-state index in [0.717, 1.165) is 38.5 Å². The van der Waals surface area contributed by atoms with Crippen molar-refractivity contribution in [2.24, 2.45) is 39.9 Å². The van der Waals surface area contributed by atoms with Gasteiger partial charge in [0.2, 0.25) is 0 Å². The van der Waals surface area contributed by atoms with Crippen molar-refractivity contribution in [3.8, 4) is 0 Å². The summed E-state index contributed by atoms with van der Waals surface area (Å²) >= 11 is 0. The molecule has 23 heavy (non-hydrogen) atoms. The van der Waals surface area contributed by atoms with E-state index in [4.69, 9.17) is 4.74 Å². The topological polar surface area (TPSA) is 63.6 Å². The molecule has 2 spiro atoms. The van der Waals surface area contributed by atoms with E-state index in [1.165, 1.54) is 5.57 Å². The standard InChI is InChI=1S/C19H22O4/c1-9-10-4-7-18-12(9)17(18,8-10)11(14(20)21)13-16(2)5-3-6-19(13,18)23-15(16)22/h10-13H,1,3-8H2,2H3,(H,20,21)/t10-,11-,12?,13-,16+,17-,18+,19+/m1/s1. The molecule has 6 aliphatic carbocycles. The van der Waals surface area contributed by atoms with Gasteiger partial charge in [-0.05, 0) is 57.3 Å². The van der Waals surface area contributed by atoms with Crippen molar-refractivity contribution in [3.63, 3.8) is 0 Å². The van der Waals surface area contributed by atoms with Crippen molar-refractivity contribution in [2.45, 2.75) is 51.0 Å². The Labute approximate surface area is 135 Å². The van der Waals surface area contributed by atoms with Crippen LogP contribution >= 0.6 is 0 Å². The van der Waals surface area contributed by atoms with Gasteiger partial charge in [-0.2, -0.15) is 0 Å². The van der Waals surface area contributed by atoms with Gasteiger partial charge in [0.25, 0.3) is 0 Å². The second-order valence-electron chi connectivity index (χ2n) is 9.30. The van der Waals surface area contributed by atoms with Crippen molar-refractivity contribution in [3.05, 3.63) is 12.2 Å². The normalized spacial score (nSPS) is 63.5. The van der Waals surface area contributed by atoms with Crippen molar-refractivity contribution in [1.29, 1.82) is 0 Å². The average molecular weight is 314 g/mol. The molecule has 0 aromatic rings. The molecule has 1 N–H and O–H groups in total. The maximum Gasteiger partial charge on any atom is 0.312 e. The molecule has 1 aliphatic heterocycles. The molecule has 0 aromatic carbocycles. The largest absolute Gasteiger partial charge is 0.481 e. The smallest absolute Gasteiger partial charge is 0.312 e. The monoisotopic (exact) mass is 314 g/mol. The lowest BCUT2D eigenvalue weighted by Gasteiger charge is -2.47. The number of allylic oxidation sites excluding steroid dienone is 1. The first-order valence-corrected chi connectivity index (χ1v) is 9.02. The highest BCUT2D eigenvalue weighted by Gasteiger charge is 3.00. The average Bonchev–Trinajstić information content (AvgIpc) is 2.89. The quantitative estimate of drug-likeness (QED) is 0.597. The zero-order valence-corrected chi connectivity index (χ0v) is 13.4. The van der Waals surface area contributed by atoms with Gasteiger partial charge >= 0.3 is 11.9 Å². The number of fused-ring (bicyclic) bond motifs is 1. The minimum atomic E-state index is -0.703. The van der Waals surface area contributed by atoms with Gasteiger partial charge in [-0.15, -0.1) is 0 Å². The van der Waals surface area contributed by atoms with Crippen molar-refractivity contribution >= 4 is 11.9 Å². The van der Waals surface area contributed by atoms with Crippen LogP contribution in [0.3, 0.4) is 0 Å². The van der Waals surface area contributed by atoms with Crippen LogP contribution in [-0.4, -0.2) is 22.6 Å². The van der Waals surface area contributed by atoms with E-state index in [9.17, 15) is 14.7 Å². The van der Waals surface area contributed by atoms with Crippen LogP contribution in [0.1, 0.15) is 45.4 Å². The van der Waals surface area contributed by atoms with Gasteiger partial charge in [-0.1, -0.05) is 12.2 Å². The summed E-state index contributed by atoms with van der Waals surface area (Å²) < 4.78 is 6.19. The van der Waals surface area contributed by atoms with Crippen molar-refractivity contribution < 1.29 is 19.4 Å². The Morgan fingerprint density at radius 3 is 2.87 bits per heavy atom. The number of carboxylic acid groups (broad SMARTS) is 1. The highest BCUT2D eigenvalue weighted by molar-refractivity contribution is 5.86.